The maximum Gasteiger partial charge on any atom is 0.335 e. The third-order valence-corrected chi connectivity index (χ3v) is 2.96. The van der Waals surface area contributed by atoms with Crippen LogP contribution in [0, 0.1) is 0 Å². The van der Waals surface area contributed by atoms with Crippen molar-refractivity contribution in [2.45, 2.75) is 31.7 Å². The van der Waals surface area contributed by atoms with E-state index in [1.807, 2.05) is 6.07 Å². The molecule has 3 nitrogen and oxygen atoms in total. The van der Waals surface area contributed by atoms with Crippen LogP contribution in [-0.4, -0.2) is 17.1 Å². The SMILES string of the molecule is NC1CCCc2ccc(C(=O)O)cc2C1. The molecule has 1 aromatic rings. The minimum atomic E-state index is -0.865. The summed E-state index contributed by atoms with van der Waals surface area (Å²) in [6.45, 7) is 0. The highest BCUT2D eigenvalue weighted by Crippen LogP contribution is 2.21. The molecule has 3 heteroatoms. The highest BCUT2D eigenvalue weighted by Gasteiger charge is 2.15. The van der Waals surface area contributed by atoms with Crippen LogP contribution in [0.1, 0.15) is 34.3 Å². The number of carbonyl (C=O) groups is 1. The molecule has 1 aliphatic rings. The van der Waals surface area contributed by atoms with Crippen molar-refractivity contribution < 1.29 is 9.90 Å². The molecule has 0 aromatic heterocycles. The van der Waals surface area contributed by atoms with Crippen molar-refractivity contribution in [1.82, 2.24) is 0 Å². The number of carboxylic acid groups (broad SMARTS) is 1. The van der Waals surface area contributed by atoms with Gasteiger partial charge >= 0.3 is 5.97 Å². The number of aryl methyl sites for hydroxylation is 1. The van der Waals surface area contributed by atoms with Gasteiger partial charge in [0.05, 0.1) is 5.56 Å². The fourth-order valence-corrected chi connectivity index (χ4v) is 2.13. The Kier molecular flexibility index (Phi) is 2.73. The molecule has 15 heavy (non-hydrogen) atoms. The molecule has 3 N–H and O–H groups in total. The van der Waals surface area contributed by atoms with Crippen LogP contribution in [-0.2, 0) is 12.8 Å². The molecule has 0 bridgehead atoms. The lowest BCUT2D eigenvalue weighted by atomic mass is 9.99. The van der Waals surface area contributed by atoms with Gasteiger partial charge in [0.2, 0.25) is 0 Å². The number of fused-ring (bicyclic) bond motifs is 1. The molecule has 0 spiro atoms. The fraction of sp³-hybridized carbons (Fsp3) is 0.417. The van der Waals surface area contributed by atoms with E-state index in [2.05, 4.69) is 0 Å². The molecule has 0 saturated carbocycles. The van der Waals surface area contributed by atoms with Crippen molar-refractivity contribution in [2.75, 3.05) is 0 Å². The zero-order valence-corrected chi connectivity index (χ0v) is 8.57. The summed E-state index contributed by atoms with van der Waals surface area (Å²) in [7, 11) is 0. The second-order valence-corrected chi connectivity index (χ2v) is 4.15. The van der Waals surface area contributed by atoms with Gasteiger partial charge in [-0.3, -0.25) is 0 Å². The predicted molar refractivity (Wildman–Crippen MR) is 58.0 cm³/mol. The molecule has 0 saturated heterocycles. The van der Waals surface area contributed by atoms with Crippen molar-refractivity contribution in [3.63, 3.8) is 0 Å². The zero-order valence-electron chi connectivity index (χ0n) is 8.57. The van der Waals surface area contributed by atoms with Crippen molar-refractivity contribution in [3.05, 3.63) is 34.9 Å². The quantitative estimate of drug-likeness (QED) is 0.684. The van der Waals surface area contributed by atoms with Gasteiger partial charge < -0.3 is 10.8 Å². The molecule has 1 aromatic carbocycles. The second-order valence-electron chi connectivity index (χ2n) is 4.15. The van der Waals surface area contributed by atoms with E-state index in [4.69, 9.17) is 10.8 Å². The highest BCUT2D eigenvalue weighted by atomic mass is 16.4. The van der Waals surface area contributed by atoms with Crippen LogP contribution >= 0.6 is 0 Å². The Morgan fingerprint density at radius 1 is 1.40 bits per heavy atom. The predicted octanol–water partition coefficient (Wildman–Crippen LogP) is 1.59. The van der Waals surface area contributed by atoms with E-state index in [0.29, 0.717) is 5.56 Å². The number of benzene rings is 1. The number of rotatable bonds is 1. The van der Waals surface area contributed by atoms with Gasteiger partial charge in [-0.15, -0.1) is 0 Å². The fourth-order valence-electron chi connectivity index (χ4n) is 2.13. The molecule has 80 valence electrons. The normalized spacial score (nSPS) is 20.5. The van der Waals surface area contributed by atoms with Crippen LogP contribution in [0.5, 0.6) is 0 Å². The summed E-state index contributed by atoms with van der Waals surface area (Å²) >= 11 is 0. The van der Waals surface area contributed by atoms with E-state index < -0.39 is 5.97 Å². The standard InChI is InChI=1S/C12H15NO2/c13-11-3-1-2-8-4-5-9(12(14)15)6-10(8)7-11/h4-6,11H,1-3,7,13H2,(H,14,15). The zero-order chi connectivity index (χ0) is 10.8. The minimum Gasteiger partial charge on any atom is -0.478 e. The Bertz CT molecular complexity index is 387. The highest BCUT2D eigenvalue weighted by molar-refractivity contribution is 5.87. The summed E-state index contributed by atoms with van der Waals surface area (Å²) in [5.74, 6) is -0.865. The third-order valence-electron chi connectivity index (χ3n) is 2.96. The molecule has 1 aliphatic carbocycles. The summed E-state index contributed by atoms with van der Waals surface area (Å²) in [4.78, 5) is 10.8. The van der Waals surface area contributed by atoms with E-state index in [1.165, 1.54) is 5.56 Å². The van der Waals surface area contributed by atoms with Crippen LogP contribution in [0.15, 0.2) is 18.2 Å². The smallest absolute Gasteiger partial charge is 0.335 e. The largest absolute Gasteiger partial charge is 0.478 e. The Balaban J connectivity index is 2.37. The van der Waals surface area contributed by atoms with Crippen LogP contribution < -0.4 is 5.73 Å². The molecular weight excluding hydrogens is 190 g/mol. The maximum absolute atomic E-state index is 10.8. The molecule has 0 radical (unpaired) electrons. The molecular formula is C12H15NO2. The lowest BCUT2D eigenvalue weighted by Crippen LogP contribution is -2.21. The molecule has 0 fully saturated rings. The average Bonchev–Trinajstić information content (AvgIpc) is 2.37. The Hall–Kier alpha value is -1.35. The van der Waals surface area contributed by atoms with Gasteiger partial charge in [0.25, 0.3) is 0 Å². The van der Waals surface area contributed by atoms with Gasteiger partial charge in [-0.2, -0.15) is 0 Å². The second kappa shape index (κ2) is 4.03. The number of carboxylic acids is 1. The summed E-state index contributed by atoms with van der Waals surface area (Å²) in [5.41, 5.74) is 8.66. The first-order chi connectivity index (χ1) is 7.16. The number of nitrogens with two attached hydrogens (primary N) is 1. The summed E-state index contributed by atoms with van der Waals surface area (Å²) in [6, 6.07) is 5.55. The maximum atomic E-state index is 10.8. The number of hydrogen-bond donors (Lipinski definition) is 2. The first kappa shape index (κ1) is 10.2. The molecule has 0 aliphatic heterocycles. The Morgan fingerprint density at radius 2 is 2.20 bits per heavy atom. The van der Waals surface area contributed by atoms with Gasteiger partial charge in [0.1, 0.15) is 0 Å². The van der Waals surface area contributed by atoms with Crippen LogP contribution in [0.3, 0.4) is 0 Å². The lowest BCUT2D eigenvalue weighted by molar-refractivity contribution is 0.0696. The molecule has 1 atom stereocenters. The monoisotopic (exact) mass is 205 g/mol. The van der Waals surface area contributed by atoms with E-state index in [-0.39, 0.29) is 6.04 Å². The first-order valence-electron chi connectivity index (χ1n) is 5.27. The Morgan fingerprint density at radius 3 is 2.93 bits per heavy atom. The van der Waals surface area contributed by atoms with Crippen LogP contribution in [0.2, 0.25) is 0 Å². The van der Waals surface area contributed by atoms with E-state index in [1.54, 1.807) is 12.1 Å². The van der Waals surface area contributed by atoms with Crippen LogP contribution in [0.4, 0.5) is 0 Å². The number of hydrogen-bond acceptors (Lipinski definition) is 2. The Labute approximate surface area is 88.9 Å². The average molecular weight is 205 g/mol. The molecule has 2 rings (SSSR count). The topological polar surface area (TPSA) is 63.3 Å². The van der Waals surface area contributed by atoms with Crippen molar-refractivity contribution in [1.29, 1.82) is 0 Å². The summed E-state index contributed by atoms with van der Waals surface area (Å²) in [6.07, 6.45) is 3.94. The van der Waals surface area contributed by atoms with Crippen molar-refractivity contribution >= 4 is 5.97 Å². The molecule has 0 heterocycles. The summed E-state index contributed by atoms with van der Waals surface area (Å²) in [5, 5.41) is 8.89. The molecule has 1 unspecified atom stereocenters. The van der Waals surface area contributed by atoms with Gasteiger partial charge in [-0.25, -0.2) is 4.79 Å². The van der Waals surface area contributed by atoms with Gasteiger partial charge in [-0.1, -0.05) is 6.07 Å². The van der Waals surface area contributed by atoms with Crippen LogP contribution in [0.25, 0.3) is 0 Å². The summed E-state index contributed by atoms with van der Waals surface area (Å²) < 4.78 is 0. The minimum absolute atomic E-state index is 0.176. The third kappa shape index (κ3) is 2.18. The molecule has 0 amide bonds. The van der Waals surface area contributed by atoms with Crippen molar-refractivity contribution in [3.8, 4) is 0 Å². The van der Waals surface area contributed by atoms with Gasteiger partial charge in [0, 0.05) is 6.04 Å². The van der Waals surface area contributed by atoms with Gasteiger partial charge in [0.15, 0.2) is 0 Å². The van der Waals surface area contributed by atoms with E-state index in [9.17, 15) is 4.79 Å². The lowest BCUT2D eigenvalue weighted by Gasteiger charge is -2.09. The van der Waals surface area contributed by atoms with Gasteiger partial charge in [-0.05, 0) is 48.9 Å². The van der Waals surface area contributed by atoms with E-state index in [0.717, 1.165) is 31.2 Å². The first-order valence-corrected chi connectivity index (χ1v) is 5.27. The van der Waals surface area contributed by atoms with Crippen molar-refractivity contribution in [2.24, 2.45) is 5.73 Å². The number of aromatic carboxylic acids is 1. The van der Waals surface area contributed by atoms with E-state index >= 15 is 0 Å².